The van der Waals surface area contributed by atoms with E-state index in [1.165, 1.54) is 0 Å². The van der Waals surface area contributed by atoms with E-state index in [0.717, 1.165) is 11.3 Å². The maximum absolute atomic E-state index is 12.4. The van der Waals surface area contributed by atoms with Crippen LogP contribution in [-0.2, 0) is 4.74 Å². The summed E-state index contributed by atoms with van der Waals surface area (Å²) >= 11 is 0. The molecule has 7 nitrogen and oxygen atoms in total. The molecule has 1 aromatic heterocycles. The number of ether oxygens (including phenoxy) is 1. The van der Waals surface area contributed by atoms with Crippen molar-refractivity contribution >= 4 is 23.4 Å². The van der Waals surface area contributed by atoms with Crippen molar-refractivity contribution in [3.8, 4) is 11.8 Å². The van der Waals surface area contributed by atoms with Crippen LogP contribution in [0.4, 0.5) is 10.5 Å². The van der Waals surface area contributed by atoms with Crippen molar-refractivity contribution in [1.82, 2.24) is 10.3 Å². The van der Waals surface area contributed by atoms with Crippen LogP contribution in [0.1, 0.15) is 47.8 Å². The van der Waals surface area contributed by atoms with Crippen LogP contribution in [0.2, 0.25) is 0 Å². The Hall–Kier alpha value is -4.44. The first-order valence-electron chi connectivity index (χ1n) is 10.7. The van der Waals surface area contributed by atoms with Gasteiger partial charge in [-0.2, -0.15) is 0 Å². The third-order valence-electron chi connectivity index (χ3n) is 4.50. The molecule has 172 valence electrons. The van der Waals surface area contributed by atoms with E-state index in [9.17, 15) is 9.59 Å². The summed E-state index contributed by atoms with van der Waals surface area (Å²) in [5.41, 5.74) is 2.77. The highest BCUT2D eigenvalue weighted by Gasteiger charge is 2.17. The number of carbonyl (C=O) groups excluding carboxylic acids is 2. The van der Waals surface area contributed by atoms with Gasteiger partial charge in [0.15, 0.2) is 5.78 Å². The Balaban J connectivity index is 1.50. The molecular formula is C27H26N4O3. The minimum atomic E-state index is -0.662. The Morgan fingerprint density at radius 3 is 2.12 bits per heavy atom. The van der Waals surface area contributed by atoms with E-state index in [-0.39, 0.29) is 11.6 Å². The number of hydrogen-bond donors (Lipinski definition) is 3. The quantitative estimate of drug-likeness (QED) is 0.226. The molecule has 0 bridgehead atoms. The van der Waals surface area contributed by atoms with Gasteiger partial charge in [-0.25, -0.2) is 4.79 Å². The van der Waals surface area contributed by atoms with E-state index in [0.29, 0.717) is 23.2 Å². The molecule has 0 saturated heterocycles. The van der Waals surface area contributed by atoms with Crippen molar-refractivity contribution in [1.29, 1.82) is 5.41 Å². The van der Waals surface area contributed by atoms with Gasteiger partial charge < -0.3 is 10.1 Å². The van der Waals surface area contributed by atoms with Crippen LogP contribution in [0.15, 0.2) is 73.1 Å². The van der Waals surface area contributed by atoms with Crippen LogP contribution in [0.25, 0.3) is 0 Å². The summed E-state index contributed by atoms with van der Waals surface area (Å²) in [5, 5.41) is 13.6. The first kappa shape index (κ1) is 24.2. The number of nitrogens with zero attached hydrogens (tertiary/aromatic N) is 1. The summed E-state index contributed by atoms with van der Waals surface area (Å²) in [5.74, 6) is 6.02. The minimum absolute atomic E-state index is 0.0357. The maximum atomic E-state index is 12.4. The lowest BCUT2D eigenvalue weighted by molar-refractivity contribution is 0.0563. The highest BCUT2D eigenvalue weighted by molar-refractivity contribution is 6.09. The Morgan fingerprint density at radius 1 is 0.912 bits per heavy atom. The molecule has 0 radical (unpaired) electrons. The predicted octanol–water partition coefficient (Wildman–Crippen LogP) is 4.63. The average Bonchev–Trinajstić information content (AvgIpc) is 2.81. The van der Waals surface area contributed by atoms with E-state index in [1.807, 2.05) is 24.3 Å². The third-order valence-corrected chi connectivity index (χ3v) is 4.50. The highest BCUT2D eigenvalue weighted by Crippen LogP contribution is 2.12. The Morgan fingerprint density at radius 2 is 1.50 bits per heavy atom. The molecule has 0 fully saturated rings. The summed E-state index contributed by atoms with van der Waals surface area (Å²) in [6, 6.07) is 17.6. The molecule has 0 spiro atoms. The zero-order valence-electron chi connectivity index (χ0n) is 19.3. The molecule has 3 N–H and O–H groups in total. The lowest BCUT2D eigenvalue weighted by Gasteiger charge is -2.19. The number of hydrogen-bond acceptors (Lipinski definition) is 6. The van der Waals surface area contributed by atoms with Gasteiger partial charge in [-0.3, -0.25) is 20.5 Å². The van der Waals surface area contributed by atoms with Gasteiger partial charge in [0.05, 0.1) is 6.54 Å². The topological polar surface area (TPSA) is 104 Å². The highest BCUT2D eigenvalue weighted by atomic mass is 16.6. The van der Waals surface area contributed by atoms with Crippen molar-refractivity contribution in [3.05, 3.63) is 95.3 Å². The molecule has 1 amide bonds. The second kappa shape index (κ2) is 10.9. The van der Waals surface area contributed by atoms with E-state index in [1.54, 1.807) is 69.6 Å². The number of ketones is 1. The molecule has 0 saturated carbocycles. The SMILES string of the molecule is CC(C)(C)OC(=O)NC(=N)c1ccc(NCC#Cc2ccc(C(=O)c3ccncc3)cc2)cc1. The van der Waals surface area contributed by atoms with E-state index in [2.05, 4.69) is 27.5 Å². The zero-order valence-corrected chi connectivity index (χ0v) is 19.3. The van der Waals surface area contributed by atoms with Gasteiger partial charge in [-0.1, -0.05) is 11.8 Å². The summed E-state index contributed by atoms with van der Waals surface area (Å²) in [4.78, 5) is 28.2. The Bertz CT molecular complexity index is 1220. The molecule has 34 heavy (non-hydrogen) atoms. The molecule has 0 aliphatic rings. The molecule has 3 rings (SSSR count). The van der Waals surface area contributed by atoms with Crippen molar-refractivity contribution < 1.29 is 14.3 Å². The first-order valence-corrected chi connectivity index (χ1v) is 10.7. The number of carbonyl (C=O) groups is 2. The number of alkyl carbamates (subject to hydrolysis) is 1. The second-order valence-electron chi connectivity index (χ2n) is 8.38. The van der Waals surface area contributed by atoms with Crippen LogP contribution in [0.5, 0.6) is 0 Å². The number of nitrogens with one attached hydrogen (secondary N) is 3. The number of benzene rings is 2. The van der Waals surface area contributed by atoms with Crippen LogP contribution >= 0.6 is 0 Å². The van der Waals surface area contributed by atoms with Crippen molar-refractivity contribution in [2.45, 2.75) is 26.4 Å². The third kappa shape index (κ3) is 7.31. The number of rotatable bonds is 5. The lowest BCUT2D eigenvalue weighted by Crippen LogP contribution is -2.36. The lowest BCUT2D eigenvalue weighted by atomic mass is 10.0. The van der Waals surface area contributed by atoms with Crippen molar-refractivity contribution in [2.24, 2.45) is 0 Å². The van der Waals surface area contributed by atoms with Gasteiger partial charge in [0.25, 0.3) is 0 Å². The number of pyridine rings is 1. The largest absolute Gasteiger partial charge is 0.444 e. The van der Waals surface area contributed by atoms with Crippen LogP contribution < -0.4 is 10.6 Å². The second-order valence-corrected chi connectivity index (χ2v) is 8.38. The normalized spacial score (nSPS) is 10.4. The van der Waals surface area contributed by atoms with Crippen LogP contribution in [0.3, 0.4) is 0 Å². The maximum Gasteiger partial charge on any atom is 0.413 e. The van der Waals surface area contributed by atoms with Gasteiger partial charge in [0.2, 0.25) is 0 Å². The summed E-state index contributed by atoms with van der Waals surface area (Å²) in [7, 11) is 0. The zero-order chi connectivity index (χ0) is 24.6. The Labute approximate surface area is 199 Å². The van der Waals surface area contributed by atoms with Crippen molar-refractivity contribution in [3.63, 3.8) is 0 Å². The molecule has 1 heterocycles. The number of amides is 1. The minimum Gasteiger partial charge on any atom is -0.444 e. The van der Waals surface area contributed by atoms with Gasteiger partial charge >= 0.3 is 6.09 Å². The Kier molecular flexibility index (Phi) is 7.78. The smallest absolute Gasteiger partial charge is 0.413 e. The summed E-state index contributed by atoms with van der Waals surface area (Å²) in [6.45, 7) is 5.71. The molecule has 0 unspecified atom stereocenters. The molecule has 7 heteroatoms. The number of amidine groups is 1. The van der Waals surface area contributed by atoms with Crippen LogP contribution in [0, 0.1) is 17.3 Å². The molecule has 3 aromatic rings. The fourth-order valence-electron chi connectivity index (χ4n) is 2.90. The fourth-order valence-corrected chi connectivity index (χ4v) is 2.90. The molecular weight excluding hydrogens is 428 g/mol. The van der Waals surface area contributed by atoms with Gasteiger partial charge in [0, 0.05) is 40.3 Å². The number of anilines is 1. The van der Waals surface area contributed by atoms with Gasteiger partial charge in [-0.15, -0.1) is 0 Å². The molecule has 0 aliphatic heterocycles. The monoisotopic (exact) mass is 454 g/mol. The fraction of sp³-hybridized carbons (Fsp3) is 0.185. The predicted molar refractivity (Wildman–Crippen MR) is 132 cm³/mol. The van der Waals surface area contributed by atoms with Crippen molar-refractivity contribution in [2.75, 3.05) is 11.9 Å². The van der Waals surface area contributed by atoms with E-state index >= 15 is 0 Å². The molecule has 0 aliphatic carbocycles. The average molecular weight is 455 g/mol. The summed E-state index contributed by atoms with van der Waals surface area (Å²) < 4.78 is 5.16. The van der Waals surface area contributed by atoms with Gasteiger partial charge in [0.1, 0.15) is 11.4 Å². The first-order chi connectivity index (χ1) is 16.2. The molecule has 2 aromatic carbocycles. The summed E-state index contributed by atoms with van der Waals surface area (Å²) in [6.07, 6.45) is 2.53. The number of aromatic nitrogens is 1. The van der Waals surface area contributed by atoms with Gasteiger partial charge in [-0.05, 0) is 81.4 Å². The van der Waals surface area contributed by atoms with E-state index in [4.69, 9.17) is 10.1 Å². The standard InChI is InChI=1S/C27H26N4O3/c1-27(2,3)34-26(33)31-25(28)22-10-12-23(13-11-22)30-16-4-5-19-6-8-20(9-7-19)24(32)21-14-17-29-18-15-21/h6-15,17-18,30H,16H2,1-3H3,(H2,28,31,33). The molecule has 0 atom stereocenters. The van der Waals surface area contributed by atoms with E-state index < -0.39 is 11.7 Å². The van der Waals surface area contributed by atoms with Crippen LogP contribution in [-0.4, -0.2) is 34.8 Å².